The van der Waals surface area contributed by atoms with Gasteiger partial charge >= 0.3 is 6.18 Å². The summed E-state index contributed by atoms with van der Waals surface area (Å²) in [4.78, 5) is 12.3. The van der Waals surface area contributed by atoms with Gasteiger partial charge in [0.1, 0.15) is 5.60 Å². The lowest BCUT2D eigenvalue weighted by atomic mass is 9.96. The normalized spacial score (nSPS) is 13.8. The van der Waals surface area contributed by atoms with E-state index in [2.05, 4.69) is 9.50 Å². The third-order valence-electron chi connectivity index (χ3n) is 5.05. The molecule has 1 rings (SSSR count). The summed E-state index contributed by atoms with van der Waals surface area (Å²) in [5, 5.41) is 21.5. The molecule has 0 aliphatic heterocycles. The van der Waals surface area contributed by atoms with Crippen molar-refractivity contribution in [3.05, 3.63) is 29.3 Å². The van der Waals surface area contributed by atoms with Crippen LogP contribution in [0, 0.1) is 11.3 Å². The van der Waals surface area contributed by atoms with Crippen LogP contribution in [0.4, 0.5) is 18.9 Å². The van der Waals surface area contributed by atoms with Crippen LogP contribution in [-0.4, -0.2) is 37.9 Å². The van der Waals surface area contributed by atoms with Crippen LogP contribution in [0.3, 0.4) is 0 Å². The van der Waals surface area contributed by atoms with E-state index in [9.17, 15) is 31.5 Å². The van der Waals surface area contributed by atoms with Crippen molar-refractivity contribution in [3.63, 3.8) is 0 Å². The maximum Gasteiger partial charge on any atom is 0.417 e. The van der Waals surface area contributed by atoms with Crippen LogP contribution in [-0.2, 0) is 25.3 Å². The molecule has 1 aromatic carbocycles. The second-order valence-electron chi connectivity index (χ2n) is 8.20. The number of anilines is 1. The van der Waals surface area contributed by atoms with Crippen molar-refractivity contribution in [2.45, 2.75) is 76.5 Å². The summed E-state index contributed by atoms with van der Waals surface area (Å²) in [5.74, 6) is -0.809. The molecule has 0 saturated carbocycles. The topological polar surface area (TPSA) is 116 Å². The van der Waals surface area contributed by atoms with Gasteiger partial charge in [-0.05, 0) is 38.0 Å². The minimum atomic E-state index is -4.74. The largest absolute Gasteiger partial charge is 0.417 e. The summed E-state index contributed by atoms with van der Waals surface area (Å²) in [6.45, 7) is 1.51. The van der Waals surface area contributed by atoms with Crippen LogP contribution < -0.4 is 5.32 Å². The molecule has 7 nitrogen and oxygen atoms in total. The molecule has 2 N–H and O–H groups in total. The Morgan fingerprint density at radius 1 is 1.09 bits per heavy atom. The number of alkyl halides is 3. The van der Waals surface area contributed by atoms with E-state index in [4.69, 9.17) is 5.26 Å². The van der Waals surface area contributed by atoms with Gasteiger partial charge in [-0.15, -0.1) is 0 Å². The molecule has 1 aromatic rings. The molecule has 0 heterocycles. The average Bonchev–Trinajstić information content (AvgIpc) is 2.70. The maximum absolute atomic E-state index is 13.1. The van der Waals surface area contributed by atoms with E-state index in [1.54, 1.807) is 0 Å². The Kier molecular flexibility index (Phi) is 11.3. The van der Waals surface area contributed by atoms with Gasteiger partial charge in [-0.25, -0.2) is 0 Å². The maximum atomic E-state index is 13.1. The summed E-state index contributed by atoms with van der Waals surface area (Å²) >= 11 is 0. The predicted octanol–water partition coefficient (Wildman–Crippen LogP) is 4.75. The molecule has 0 bridgehead atoms. The Bertz CT molecular complexity index is 925. The number of halogens is 3. The molecule has 0 spiro atoms. The zero-order chi connectivity index (χ0) is 25.1. The molecule has 0 saturated heterocycles. The van der Waals surface area contributed by atoms with Crippen LogP contribution in [0.5, 0.6) is 0 Å². The molecule has 0 aliphatic carbocycles. The first-order chi connectivity index (χ1) is 15.3. The summed E-state index contributed by atoms with van der Waals surface area (Å²) in [6, 6.07) is 4.32. The van der Waals surface area contributed by atoms with Crippen molar-refractivity contribution in [1.82, 2.24) is 0 Å². The molecular weight excluding hydrogens is 461 g/mol. The van der Waals surface area contributed by atoms with Gasteiger partial charge in [0.15, 0.2) is 0 Å². The molecule has 186 valence electrons. The Morgan fingerprint density at radius 3 is 2.15 bits per heavy atom. The van der Waals surface area contributed by atoms with Crippen molar-refractivity contribution < 1.29 is 35.7 Å². The van der Waals surface area contributed by atoms with Crippen LogP contribution >= 0.6 is 0 Å². The molecule has 0 radical (unpaired) electrons. The summed E-state index contributed by atoms with van der Waals surface area (Å²) in [6.07, 6.45) is 3.15. The third-order valence-corrected chi connectivity index (χ3v) is 5.64. The molecule has 0 aliphatic rings. The van der Waals surface area contributed by atoms with Gasteiger partial charge < -0.3 is 10.4 Å². The second-order valence-corrected chi connectivity index (χ2v) is 9.85. The number of aliphatic hydroxyl groups is 1. The van der Waals surface area contributed by atoms with Crippen LogP contribution in [0.2, 0.25) is 0 Å². The quantitative estimate of drug-likeness (QED) is 0.286. The first-order valence-electron chi connectivity index (χ1n) is 10.8. The van der Waals surface area contributed by atoms with Crippen LogP contribution in [0.15, 0.2) is 18.2 Å². The fourth-order valence-corrected chi connectivity index (χ4v) is 3.60. The van der Waals surface area contributed by atoms with Gasteiger partial charge in [-0.1, -0.05) is 44.9 Å². The van der Waals surface area contributed by atoms with Crippen molar-refractivity contribution in [2.75, 3.05) is 18.2 Å². The molecule has 0 fully saturated rings. The second kappa shape index (κ2) is 12.9. The first-order valence-corrected chi connectivity index (χ1v) is 12.6. The molecular formula is C22H31F3N2O5S. The summed E-state index contributed by atoms with van der Waals surface area (Å²) < 4.78 is 65.5. The van der Waals surface area contributed by atoms with Crippen molar-refractivity contribution in [1.29, 1.82) is 5.26 Å². The molecule has 0 aromatic heterocycles. The van der Waals surface area contributed by atoms with Crippen LogP contribution in [0.1, 0.15) is 75.8 Å². The number of benzene rings is 1. The standard InChI is InChI=1S/C22H31F3N2O5S/c1-21(29,13-9-7-5-3-4-6-8-10-14-32-33(2,30)31)20(28)27-18-12-11-17(16-26)19(15-18)22(23,24)25/h11-12,15,29H,3-10,13-14H2,1-2H3,(H,27,28). The average molecular weight is 493 g/mol. The number of carbonyl (C=O) groups excluding carboxylic acids is 1. The molecule has 33 heavy (non-hydrogen) atoms. The zero-order valence-electron chi connectivity index (χ0n) is 18.9. The highest BCUT2D eigenvalue weighted by molar-refractivity contribution is 7.85. The summed E-state index contributed by atoms with van der Waals surface area (Å²) in [5.41, 5.74) is -3.58. The van der Waals surface area contributed by atoms with Crippen molar-refractivity contribution in [2.24, 2.45) is 0 Å². The highest BCUT2D eigenvalue weighted by Crippen LogP contribution is 2.33. The SMILES string of the molecule is CC(O)(CCCCCCCCCCOS(C)(=O)=O)C(=O)Nc1ccc(C#N)c(C(F)(F)F)c1. The van der Waals surface area contributed by atoms with E-state index in [0.29, 0.717) is 18.9 Å². The van der Waals surface area contributed by atoms with E-state index in [0.717, 1.165) is 50.8 Å². The van der Waals surface area contributed by atoms with Gasteiger partial charge in [-0.3, -0.25) is 8.98 Å². The lowest BCUT2D eigenvalue weighted by Crippen LogP contribution is -2.40. The molecule has 11 heteroatoms. The summed E-state index contributed by atoms with van der Waals surface area (Å²) in [7, 11) is -3.38. The predicted molar refractivity (Wildman–Crippen MR) is 118 cm³/mol. The van der Waals surface area contributed by atoms with Gasteiger partial charge in [0.25, 0.3) is 16.0 Å². The fourth-order valence-electron chi connectivity index (χ4n) is 3.18. The molecule has 1 atom stereocenters. The van der Waals surface area contributed by atoms with Crippen LogP contribution in [0.25, 0.3) is 0 Å². The minimum absolute atomic E-state index is 0.145. The third kappa shape index (κ3) is 11.5. The van der Waals surface area contributed by atoms with Gasteiger partial charge in [0.05, 0.1) is 30.1 Å². The monoisotopic (exact) mass is 492 g/mol. The molecule has 1 amide bonds. The first kappa shape index (κ1) is 28.9. The number of hydrogen-bond acceptors (Lipinski definition) is 6. The van der Waals surface area contributed by atoms with E-state index in [1.807, 2.05) is 0 Å². The van der Waals surface area contributed by atoms with E-state index in [1.165, 1.54) is 19.1 Å². The minimum Gasteiger partial charge on any atom is -0.380 e. The number of nitrogens with zero attached hydrogens (tertiary/aromatic N) is 1. The Morgan fingerprint density at radius 2 is 1.64 bits per heavy atom. The van der Waals surface area contributed by atoms with Gasteiger partial charge in [0, 0.05) is 5.69 Å². The number of nitrogens with one attached hydrogen (secondary N) is 1. The van der Waals surface area contributed by atoms with Gasteiger partial charge in [-0.2, -0.15) is 26.9 Å². The van der Waals surface area contributed by atoms with Gasteiger partial charge in [0.2, 0.25) is 0 Å². The number of amides is 1. The Labute approximate surface area is 193 Å². The zero-order valence-corrected chi connectivity index (χ0v) is 19.7. The highest BCUT2D eigenvalue weighted by atomic mass is 32.2. The number of rotatable bonds is 14. The number of unbranched alkanes of at least 4 members (excludes halogenated alkanes) is 7. The smallest absolute Gasteiger partial charge is 0.380 e. The lowest BCUT2D eigenvalue weighted by molar-refractivity contribution is -0.138. The highest BCUT2D eigenvalue weighted by Gasteiger charge is 2.35. The van der Waals surface area contributed by atoms with Crippen molar-refractivity contribution in [3.8, 4) is 6.07 Å². The number of nitriles is 1. The lowest BCUT2D eigenvalue weighted by Gasteiger charge is -2.22. The Balaban J connectivity index is 2.33. The Hall–Kier alpha value is -2.16. The van der Waals surface area contributed by atoms with E-state index < -0.39 is 38.9 Å². The fraction of sp³-hybridized carbons (Fsp3) is 0.636. The van der Waals surface area contributed by atoms with Crippen molar-refractivity contribution >= 4 is 21.7 Å². The van der Waals surface area contributed by atoms with E-state index >= 15 is 0 Å². The van der Waals surface area contributed by atoms with E-state index in [-0.39, 0.29) is 18.7 Å². The number of hydrogen-bond donors (Lipinski definition) is 2. The number of carbonyl (C=O) groups is 1. The molecule has 1 unspecified atom stereocenters.